The minimum absolute atomic E-state index is 0.0374. The van der Waals surface area contributed by atoms with Gasteiger partial charge in [0.05, 0.1) is 5.60 Å². The van der Waals surface area contributed by atoms with Crippen LogP contribution in [-0.4, -0.2) is 30.7 Å². The molecule has 0 aliphatic heterocycles. The zero-order chi connectivity index (χ0) is 12.7. The SMILES string of the molecule is CCNC(=O)C(C)OC1(CN)CCCCCC1. The van der Waals surface area contributed by atoms with Crippen LogP contribution < -0.4 is 11.1 Å². The van der Waals surface area contributed by atoms with Crippen LogP contribution in [0.1, 0.15) is 52.4 Å². The predicted molar refractivity (Wildman–Crippen MR) is 68.7 cm³/mol. The molecule has 0 bridgehead atoms. The van der Waals surface area contributed by atoms with Gasteiger partial charge in [0.25, 0.3) is 0 Å². The summed E-state index contributed by atoms with van der Waals surface area (Å²) in [5.41, 5.74) is 5.60. The van der Waals surface area contributed by atoms with E-state index < -0.39 is 6.10 Å². The van der Waals surface area contributed by atoms with Crippen molar-refractivity contribution in [2.45, 2.75) is 64.1 Å². The van der Waals surface area contributed by atoms with Crippen molar-refractivity contribution in [3.63, 3.8) is 0 Å². The monoisotopic (exact) mass is 242 g/mol. The summed E-state index contributed by atoms with van der Waals surface area (Å²) in [6.45, 7) is 4.88. The quantitative estimate of drug-likeness (QED) is 0.719. The molecule has 100 valence electrons. The lowest BCUT2D eigenvalue weighted by molar-refractivity contribution is -0.146. The number of nitrogens with one attached hydrogen (secondary N) is 1. The fourth-order valence-corrected chi connectivity index (χ4v) is 2.49. The average Bonchev–Trinajstić information content (AvgIpc) is 2.55. The Hall–Kier alpha value is -0.610. The summed E-state index contributed by atoms with van der Waals surface area (Å²) in [5, 5.41) is 2.79. The van der Waals surface area contributed by atoms with Crippen LogP contribution in [0, 0.1) is 0 Å². The standard InChI is InChI=1S/C13H26N2O2/c1-3-15-12(16)11(2)17-13(10-14)8-6-4-5-7-9-13/h11H,3-10,14H2,1-2H3,(H,15,16). The van der Waals surface area contributed by atoms with Crippen molar-refractivity contribution < 1.29 is 9.53 Å². The Morgan fingerprint density at radius 2 is 1.94 bits per heavy atom. The molecule has 1 amide bonds. The Bertz CT molecular complexity index is 236. The number of nitrogens with two attached hydrogens (primary N) is 1. The van der Waals surface area contributed by atoms with Crippen LogP contribution in [0.4, 0.5) is 0 Å². The van der Waals surface area contributed by atoms with Gasteiger partial charge in [0.2, 0.25) is 5.91 Å². The Kier molecular flexibility index (Phi) is 5.92. The molecule has 1 aliphatic carbocycles. The first-order valence-electron chi connectivity index (χ1n) is 6.79. The molecule has 1 aliphatic rings. The van der Waals surface area contributed by atoms with E-state index in [9.17, 15) is 4.79 Å². The lowest BCUT2D eigenvalue weighted by Gasteiger charge is -2.34. The van der Waals surface area contributed by atoms with Gasteiger partial charge < -0.3 is 15.8 Å². The van der Waals surface area contributed by atoms with Crippen molar-refractivity contribution in [2.75, 3.05) is 13.1 Å². The van der Waals surface area contributed by atoms with Gasteiger partial charge in [0, 0.05) is 13.1 Å². The molecule has 1 atom stereocenters. The predicted octanol–water partition coefficient (Wildman–Crippen LogP) is 1.58. The molecule has 0 radical (unpaired) electrons. The van der Waals surface area contributed by atoms with E-state index in [1.807, 2.05) is 13.8 Å². The minimum atomic E-state index is -0.406. The highest BCUT2D eigenvalue weighted by atomic mass is 16.5. The fraction of sp³-hybridized carbons (Fsp3) is 0.923. The largest absolute Gasteiger partial charge is 0.361 e. The maximum atomic E-state index is 11.7. The van der Waals surface area contributed by atoms with Crippen molar-refractivity contribution in [1.29, 1.82) is 0 Å². The first kappa shape index (κ1) is 14.5. The van der Waals surface area contributed by atoms with E-state index in [-0.39, 0.29) is 11.5 Å². The molecule has 0 heterocycles. The molecule has 1 rings (SSSR count). The average molecular weight is 242 g/mol. The first-order valence-corrected chi connectivity index (χ1v) is 6.79. The van der Waals surface area contributed by atoms with E-state index in [0.29, 0.717) is 13.1 Å². The Labute approximate surface area is 104 Å². The molecule has 1 saturated carbocycles. The zero-order valence-electron chi connectivity index (χ0n) is 11.1. The van der Waals surface area contributed by atoms with E-state index >= 15 is 0 Å². The first-order chi connectivity index (χ1) is 8.13. The number of ether oxygens (including phenoxy) is 1. The van der Waals surface area contributed by atoms with Crippen molar-refractivity contribution in [3.8, 4) is 0 Å². The van der Waals surface area contributed by atoms with Gasteiger partial charge in [-0.1, -0.05) is 25.7 Å². The zero-order valence-corrected chi connectivity index (χ0v) is 11.1. The third-order valence-corrected chi connectivity index (χ3v) is 3.53. The molecule has 0 aromatic carbocycles. The maximum Gasteiger partial charge on any atom is 0.248 e. The second kappa shape index (κ2) is 6.97. The van der Waals surface area contributed by atoms with Crippen molar-refractivity contribution in [1.82, 2.24) is 5.32 Å². The molecular formula is C13H26N2O2. The third-order valence-electron chi connectivity index (χ3n) is 3.53. The summed E-state index contributed by atoms with van der Waals surface area (Å²) < 4.78 is 5.99. The second-order valence-corrected chi connectivity index (χ2v) is 4.96. The van der Waals surface area contributed by atoms with E-state index in [0.717, 1.165) is 25.7 Å². The number of amides is 1. The van der Waals surface area contributed by atoms with Crippen LogP contribution in [0.25, 0.3) is 0 Å². The highest BCUT2D eigenvalue weighted by Crippen LogP contribution is 2.30. The summed E-state index contributed by atoms with van der Waals surface area (Å²) in [6.07, 6.45) is 6.36. The summed E-state index contributed by atoms with van der Waals surface area (Å²) in [5.74, 6) is -0.0374. The number of rotatable bonds is 5. The smallest absolute Gasteiger partial charge is 0.248 e. The van der Waals surface area contributed by atoms with Gasteiger partial charge in [-0.2, -0.15) is 0 Å². The lowest BCUT2D eigenvalue weighted by atomic mass is 9.94. The van der Waals surface area contributed by atoms with E-state index in [1.54, 1.807) is 0 Å². The normalized spacial score (nSPS) is 21.6. The summed E-state index contributed by atoms with van der Waals surface area (Å²) >= 11 is 0. The molecule has 4 heteroatoms. The van der Waals surface area contributed by atoms with Gasteiger partial charge in [0.15, 0.2) is 0 Å². The highest BCUT2D eigenvalue weighted by Gasteiger charge is 2.33. The van der Waals surface area contributed by atoms with Gasteiger partial charge in [-0.3, -0.25) is 4.79 Å². The van der Waals surface area contributed by atoms with Gasteiger partial charge >= 0.3 is 0 Å². The topological polar surface area (TPSA) is 64.3 Å². The number of hydrogen-bond acceptors (Lipinski definition) is 3. The summed E-state index contributed by atoms with van der Waals surface area (Å²) in [6, 6.07) is 0. The summed E-state index contributed by atoms with van der Waals surface area (Å²) in [4.78, 5) is 11.7. The molecular weight excluding hydrogens is 216 g/mol. The molecule has 4 nitrogen and oxygen atoms in total. The van der Waals surface area contributed by atoms with Crippen LogP contribution >= 0.6 is 0 Å². The molecule has 0 aromatic rings. The van der Waals surface area contributed by atoms with Crippen LogP contribution in [0.2, 0.25) is 0 Å². The number of carbonyl (C=O) groups excluding carboxylic acids is 1. The van der Waals surface area contributed by atoms with Crippen molar-refractivity contribution in [3.05, 3.63) is 0 Å². The minimum Gasteiger partial charge on any atom is -0.361 e. The van der Waals surface area contributed by atoms with Gasteiger partial charge in [-0.15, -0.1) is 0 Å². The van der Waals surface area contributed by atoms with Gasteiger partial charge in [-0.05, 0) is 26.7 Å². The van der Waals surface area contributed by atoms with Crippen molar-refractivity contribution >= 4 is 5.91 Å². The fourth-order valence-electron chi connectivity index (χ4n) is 2.49. The Morgan fingerprint density at radius 3 is 2.41 bits per heavy atom. The second-order valence-electron chi connectivity index (χ2n) is 4.96. The third kappa shape index (κ3) is 4.28. The van der Waals surface area contributed by atoms with E-state index in [4.69, 9.17) is 10.5 Å². The summed E-state index contributed by atoms with van der Waals surface area (Å²) in [7, 11) is 0. The lowest BCUT2D eigenvalue weighted by Crippen LogP contribution is -2.47. The van der Waals surface area contributed by atoms with Gasteiger partial charge in [-0.25, -0.2) is 0 Å². The Balaban J connectivity index is 2.57. The number of hydrogen-bond donors (Lipinski definition) is 2. The molecule has 0 spiro atoms. The molecule has 0 saturated heterocycles. The van der Waals surface area contributed by atoms with Crippen LogP contribution in [-0.2, 0) is 9.53 Å². The van der Waals surface area contributed by atoms with Gasteiger partial charge in [0.1, 0.15) is 6.10 Å². The molecule has 3 N–H and O–H groups in total. The van der Waals surface area contributed by atoms with Crippen LogP contribution in [0.5, 0.6) is 0 Å². The Morgan fingerprint density at radius 1 is 1.35 bits per heavy atom. The number of carbonyl (C=O) groups is 1. The van der Waals surface area contributed by atoms with Crippen LogP contribution in [0.3, 0.4) is 0 Å². The molecule has 1 fully saturated rings. The molecule has 17 heavy (non-hydrogen) atoms. The molecule has 1 unspecified atom stereocenters. The highest BCUT2D eigenvalue weighted by molar-refractivity contribution is 5.80. The van der Waals surface area contributed by atoms with Crippen molar-refractivity contribution in [2.24, 2.45) is 5.73 Å². The van der Waals surface area contributed by atoms with E-state index in [1.165, 1.54) is 12.8 Å². The number of likely N-dealkylation sites (N-methyl/N-ethyl adjacent to an activating group) is 1. The molecule has 0 aromatic heterocycles. The maximum absolute atomic E-state index is 11.7. The van der Waals surface area contributed by atoms with E-state index in [2.05, 4.69) is 5.32 Å². The van der Waals surface area contributed by atoms with Crippen LogP contribution in [0.15, 0.2) is 0 Å².